The summed E-state index contributed by atoms with van der Waals surface area (Å²) in [5.41, 5.74) is 2.91. The Morgan fingerprint density at radius 2 is 1.96 bits per heavy atom. The second kappa shape index (κ2) is 7.43. The van der Waals surface area contributed by atoms with Crippen LogP contribution in [0.5, 0.6) is 0 Å². The lowest BCUT2D eigenvalue weighted by molar-refractivity contribution is 0.391. The smallest absolute Gasteiger partial charge is 0.277 e. The minimum atomic E-state index is 0.455. The van der Waals surface area contributed by atoms with Gasteiger partial charge in [-0.2, -0.15) is 4.98 Å². The summed E-state index contributed by atoms with van der Waals surface area (Å²) in [6.07, 6.45) is 0. The van der Waals surface area contributed by atoms with Crippen LogP contribution >= 0.6 is 27.7 Å². The molecule has 0 saturated carbocycles. The lowest BCUT2D eigenvalue weighted by atomic mass is 10.1. The molecule has 0 saturated heterocycles. The van der Waals surface area contributed by atoms with Crippen LogP contribution in [0.25, 0.3) is 22.8 Å². The van der Waals surface area contributed by atoms with Gasteiger partial charge in [0.05, 0.1) is 5.75 Å². The fourth-order valence-electron chi connectivity index (χ4n) is 2.37. The molecule has 130 valence electrons. The Labute approximate surface area is 162 Å². The van der Waals surface area contributed by atoms with E-state index < -0.39 is 0 Å². The highest BCUT2D eigenvalue weighted by molar-refractivity contribution is 9.10. The molecule has 6 nitrogen and oxygen atoms in total. The number of hydrogen-bond donors (Lipinski definition) is 0. The van der Waals surface area contributed by atoms with Crippen molar-refractivity contribution in [2.45, 2.75) is 17.9 Å². The highest BCUT2D eigenvalue weighted by Crippen LogP contribution is 2.28. The summed E-state index contributed by atoms with van der Waals surface area (Å²) in [7, 11) is 0. The fourth-order valence-corrected chi connectivity index (χ4v) is 3.37. The standard InChI is InChI=1S/C18H13BrN4O2S/c1-11-5-2-3-8-14(11)17-21-22-18(24-17)26-10-15-20-16(23-25-15)12-6-4-7-13(19)9-12/h2-9H,10H2,1H3. The first kappa shape index (κ1) is 17.0. The van der Waals surface area contributed by atoms with Gasteiger partial charge in [-0.3, -0.25) is 0 Å². The number of thioether (sulfide) groups is 1. The van der Waals surface area contributed by atoms with E-state index in [9.17, 15) is 0 Å². The molecule has 0 aliphatic rings. The SMILES string of the molecule is Cc1ccccc1-c1nnc(SCc2nc(-c3cccc(Br)c3)no2)o1. The van der Waals surface area contributed by atoms with Crippen LogP contribution in [0.4, 0.5) is 0 Å². The van der Waals surface area contributed by atoms with E-state index in [-0.39, 0.29) is 0 Å². The number of aryl methyl sites for hydroxylation is 1. The van der Waals surface area contributed by atoms with Crippen LogP contribution < -0.4 is 0 Å². The molecule has 2 heterocycles. The summed E-state index contributed by atoms with van der Waals surface area (Å²) in [6, 6.07) is 15.6. The Kier molecular flexibility index (Phi) is 4.85. The number of nitrogens with zero attached hydrogens (tertiary/aromatic N) is 4. The number of rotatable bonds is 5. The number of aromatic nitrogens is 4. The zero-order valence-electron chi connectivity index (χ0n) is 13.7. The minimum absolute atomic E-state index is 0.455. The molecule has 0 aliphatic heterocycles. The third kappa shape index (κ3) is 3.71. The van der Waals surface area contributed by atoms with Crippen molar-refractivity contribution in [2.75, 3.05) is 0 Å². The molecule has 0 radical (unpaired) electrons. The Morgan fingerprint density at radius 3 is 2.81 bits per heavy atom. The van der Waals surface area contributed by atoms with Gasteiger partial charge in [0.1, 0.15) is 0 Å². The van der Waals surface area contributed by atoms with Gasteiger partial charge in [0.25, 0.3) is 5.22 Å². The molecule has 0 spiro atoms. The van der Waals surface area contributed by atoms with Crippen LogP contribution in [0, 0.1) is 6.92 Å². The van der Waals surface area contributed by atoms with Gasteiger partial charge in [0, 0.05) is 15.6 Å². The molecule has 2 aromatic heterocycles. The largest absolute Gasteiger partial charge is 0.411 e. The van der Waals surface area contributed by atoms with Crippen LogP contribution in [0.3, 0.4) is 0 Å². The molecule has 0 amide bonds. The number of hydrogen-bond acceptors (Lipinski definition) is 7. The topological polar surface area (TPSA) is 77.8 Å². The van der Waals surface area contributed by atoms with E-state index in [1.807, 2.05) is 55.5 Å². The maximum absolute atomic E-state index is 5.72. The third-order valence-electron chi connectivity index (χ3n) is 3.65. The van der Waals surface area contributed by atoms with Gasteiger partial charge in [-0.15, -0.1) is 10.2 Å². The van der Waals surface area contributed by atoms with E-state index >= 15 is 0 Å². The molecule has 0 N–H and O–H groups in total. The number of benzene rings is 2. The molecule has 0 unspecified atom stereocenters. The second-order valence-corrected chi connectivity index (χ2v) is 7.34. The van der Waals surface area contributed by atoms with Crippen molar-refractivity contribution in [3.63, 3.8) is 0 Å². The number of halogens is 1. The Hall–Kier alpha value is -2.45. The predicted octanol–water partition coefficient (Wildman–Crippen LogP) is 5.15. The summed E-state index contributed by atoms with van der Waals surface area (Å²) < 4.78 is 12.0. The van der Waals surface area contributed by atoms with Crippen molar-refractivity contribution in [3.05, 3.63) is 64.5 Å². The van der Waals surface area contributed by atoms with Crippen molar-refractivity contribution in [1.29, 1.82) is 0 Å². The first-order valence-electron chi connectivity index (χ1n) is 7.80. The van der Waals surface area contributed by atoms with E-state index in [0.717, 1.165) is 21.2 Å². The second-order valence-electron chi connectivity index (χ2n) is 5.50. The van der Waals surface area contributed by atoms with Gasteiger partial charge in [0.2, 0.25) is 17.6 Å². The molecule has 4 rings (SSSR count). The van der Waals surface area contributed by atoms with Crippen LogP contribution in [-0.4, -0.2) is 20.3 Å². The molecule has 4 aromatic rings. The highest BCUT2D eigenvalue weighted by atomic mass is 79.9. The predicted molar refractivity (Wildman–Crippen MR) is 101 cm³/mol. The van der Waals surface area contributed by atoms with Gasteiger partial charge >= 0.3 is 0 Å². The van der Waals surface area contributed by atoms with Crippen molar-refractivity contribution in [3.8, 4) is 22.8 Å². The van der Waals surface area contributed by atoms with Gasteiger partial charge in [-0.05, 0) is 30.7 Å². The Balaban J connectivity index is 1.45. The zero-order valence-corrected chi connectivity index (χ0v) is 16.1. The fraction of sp³-hybridized carbons (Fsp3) is 0.111. The van der Waals surface area contributed by atoms with E-state index in [1.54, 1.807) is 0 Å². The van der Waals surface area contributed by atoms with Crippen LogP contribution in [-0.2, 0) is 5.75 Å². The van der Waals surface area contributed by atoms with Crippen molar-refractivity contribution >= 4 is 27.7 Å². The lowest BCUT2D eigenvalue weighted by Crippen LogP contribution is -1.83. The summed E-state index contributed by atoms with van der Waals surface area (Å²) in [6.45, 7) is 2.01. The summed E-state index contributed by atoms with van der Waals surface area (Å²) in [4.78, 5) is 4.41. The van der Waals surface area contributed by atoms with Crippen LogP contribution in [0.15, 0.2) is 67.2 Å². The van der Waals surface area contributed by atoms with Crippen molar-refractivity contribution in [2.24, 2.45) is 0 Å². The van der Waals surface area contributed by atoms with Crippen molar-refractivity contribution < 1.29 is 8.94 Å². The van der Waals surface area contributed by atoms with E-state index in [0.29, 0.717) is 28.6 Å². The van der Waals surface area contributed by atoms with Gasteiger partial charge in [-0.1, -0.05) is 63.2 Å². The summed E-state index contributed by atoms with van der Waals surface area (Å²) in [5.74, 6) is 2.01. The van der Waals surface area contributed by atoms with Gasteiger partial charge in [0.15, 0.2) is 0 Å². The van der Waals surface area contributed by atoms with E-state index in [2.05, 4.69) is 36.3 Å². The molecule has 0 aliphatic carbocycles. The maximum atomic E-state index is 5.72. The summed E-state index contributed by atoms with van der Waals surface area (Å²) in [5, 5.41) is 12.7. The van der Waals surface area contributed by atoms with Crippen molar-refractivity contribution in [1.82, 2.24) is 20.3 Å². The van der Waals surface area contributed by atoms with Gasteiger partial charge in [-0.25, -0.2) is 0 Å². The lowest BCUT2D eigenvalue weighted by Gasteiger charge is -1.98. The molecule has 26 heavy (non-hydrogen) atoms. The minimum Gasteiger partial charge on any atom is -0.411 e. The normalized spacial score (nSPS) is 11.0. The average Bonchev–Trinajstić information content (AvgIpc) is 3.30. The molecular weight excluding hydrogens is 416 g/mol. The Bertz CT molecular complexity index is 1050. The van der Waals surface area contributed by atoms with E-state index in [1.165, 1.54) is 11.8 Å². The molecular formula is C18H13BrN4O2S. The molecule has 0 atom stereocenters. The highest BCUT2D eigenvalue weighted by Gasteiger charge is 2.14. The zero-order chi connectivity index (χ0) is 17.9. The molecule has 0 fully saturated rings. The van der Waals surface area contributed by atoms with Crippen LogP contribution in [0.2, 0.25) is 0 Å². The van der Waals surface area contributed by atoms with Crippen LogP contribution in [0.1, 0.15) is 11.5 Å². The van der Waals surface area contributed by atoms with E-state index in [4.69, 9.17) is 8.94 Å². The molecule has 2 aromatic carbocycles. The molecule has 0 bridgehead atoms. The Morgan fingerprint density at radius 1 is 1.08 bits per heavy atom. The third-order valence-corrected chi connectivity index (χ3v) is 4.95. The quantitative estimate of drug-likeness (QED) is 0.406. The first-order chi connectivity index (χ1) is 12.7. The summed E-state index contributed by atoms with van der Waals surface area (Å²) >= 11 is 4.80. The molecule has 8 heteroatoms. The first-order valence-corrected chi connectivity index (χ1v) is 9.58. The maximum Gasteiger partial charge on any atom is 0.277 e. The monoisotopic (exact) mass is 428 g/mol. The average molecular weight is 429 g/mol. The van der Waals surface area contributed by atoms with Gasteiger partial charge < -0.3 is 8.94 Å².